The lowest BCUT2D eigenvalue weighted by molar-refractivity contribution is 0.386. The van der Waals surface area contributed by atoms with Gasteiger partial charge in [0.1, 0.15) is 23.6 Å². The maximum Gasteiger partial charge on any atom is 0.138 e. The molecule has 2 heterocycles. The highest BCUT2D eigenvalue weighted by atomic mass is 16.5. The van der Waals surface area contributed by atoms with Crippen molar-refractivity contribution in [3.05, 3.63) is 78.2 Å². The molecule has 3 aromatic rings. The lowest BCUT2D eigenvalue weighted by atomic mass is 10.0. The predicted octanol–water partition coefficient (Wildman–Crippen LogP) is 3.46. The van der Waals surface area contributed by atoms with Gasteiger partial charge in [0.25, 0.3) is 0 Å². The highest BCUT2D eigenvalue weighted by Crippen LogP contribution is 2.23. The first-order valence-electron chi connectivity index (χ1n) is 8.99. The summed E-state index contributed by atoms with van der Waals surface area (Å²) in [4.78, 5) is 8.41. The van der Waals surface area contributed by atoms with Crippen LogP contribution in [0.25, 0.3) is 0 Å². The molecule has 6 heteroatoms. The van der Waals surface area contributed by atoms with Gasteiger partial charge in [0.05, 0.1) is 11.3 Å². The molecule has 0 bridgehead atoms. The van der Waals surface area contributed by atoms with E-state index in [9.17, 15) is 0 Å². The van der Waals surface area contributed by atoms with E-state index < -0.39 is 0 Å². The van der Waals surface area contributed by atoms with Gasteiger partial charge in [-0.25, -0.2) is 9.97 Å². The molecule has 136 valence electrons. The van der Waals surface area contributed by atoms with Gasteiger partial charge in [-0.2, -0.15) is 0 Å². The number of ether oxygens (including phenoxy) is 1. The van der Waals surface area contributed by atoms with Crippen LogP contribution >= 0.6 is 0 Å². The first-order valence-corrected chi connectivity index (χ1v) is 8.99. The molecule has 0 amide bonds. The average Bonchev–Trinajstić information content (AvgIpc) is 2.68. The Hall–Kier alpha value is -3.25. The lowest BCUT2D eigenvalue weighted by Gasteiger charge is -2.28. The standard InChI is InChI=1S/C21H21N5O/c22-20(19-13-23-14-26-21(19)25-12-16-10-11-24-16)15-6-8-18(9-7-15)27-17-4-2-1-3-5-17/h1-9,13-14,16,22,24H,10-12H2,(H,23,25,26)/t16-/m1/s1. The van der Waals surface area contributed by atoms with Crippen LogP contribution in [0.4, 0.5) is 5.82 Å². The van der Waals surface area contributed by atoms with Gasteiger partial charge in [-0.1, -0.05) is 18.2 Å². The molecule has 6 nitrogen and oxygen atoms in total. The second-order valence-electron chi connectivity index (χ2n) is 6.42. The van der Waals surface area contributed by atoms with E-state index in [0.717, 1.165) is 36.6 Å². The van der Waals surface area contributed by atoms with Crippen LogP contribution in [0.1, 0.15) is 17.5 Å². The minimum Gasteiger partial charge on any atom is -0.457 e. The van der Waals surface area contributed by atoms with Gasteiger partial charge in [-0.05, 0) is 49.4 Å². The van der Waals surface area contributed by atoms with Gasteiger partial charge in [-0.3, -0.25) is 5.41 Å². The summed E-state index contributed by atoms with van der Waals surface area (Å²) in [5.41, 5.74) is 1.86. The summed E-state index contributed by atoms with van der Waals surface area (Å²) >= 11 is 0. The van der Waals surface area contributed by atoms with Crippen LogP contribution in [0.3, 0.4) is 0 Å². The van der Waals surface area contributed by atoms with Crippen molar-refractivity contribution in [2.75, 3.05) is 18.4 Å². The van der Waals surface area contributed by atoms with E-state index in [1.54, 1.807) is 6.20 Å². The zero-order valence-electron chi connectivity index (χ0n) is 14.9. The lowest BCUT2D eigenvalue weighted by Crippen LogP contribution is -2.47. The zero-order chi connectivity index (χ0) is 18.5. The van der Waals surface area contributed by atoms with Crippen LogP contribution in [0.15, 0.2) is 67.1 Å². The van der Waals surface area contributed by atoms with Crippen LogP contribution in [0.2, 0.25) is 0 Å². The summed E-state index contributed by atoms with van der Waals surface area (Å²) in [6.45, 7) is 1.86. The minimum atomic E-state index is 0.380. The molecule has 3 N–H and O–H groups in total. The number of aromatic nitrogens is 2. The van der Waals surface area contributed by atoms with Crippen molar-refractivity contribution in [1.82, 2.24) is 15.3 Å². The molecule has 0 unspecified atom stereocenters. The van der Waals surface area contributed by atoms with Crippen LogP contribution in [-0.4, -0.2) is 34.8 Å². The van der Waals surface area contributed by atoms with Gasteiger partial charge >= 0.3 is 0 Å². The van der Waals surface area contributed by atoms with Crippen LogP contribution < -0.4 is 15.4 Å². The van der Waals surface area contributed by atoms with Gasteiger partial charge < -0.3 is 15.4 Å². The number of para-hydroxylation sites is 1. The van der Waals surface area contributed by atoms with E-state index in [1.165, 1.54) is 6.33 Å². The molecule has 4 rings (SSSR count). The van der Waals surface area contributed by atoms with Crippen molar-refractivity contribution in [2.24, 2.45) is 0 Å². The second-order valence-corrected chi connectivity index (χ2v) is 6.42. The average molecular weight is 359 g/mol. The Bertz CT molecular complexity index is 907. The van der Waals surface area contributed by atoms with Gasteiger partial charge in [0, 0.05) is 24.3 Å². The van der Waals surface area contributed by atoms with Crippen molar-refractivity contribution >= 4 is 11.5 Å². The van der Waals surface area contributed by atoms with Gasteiger partial charge in [-0.15, -0.1) is 0 Å². The molecule has 1 fully saturated rings. The van der Waals surface area contributed by atoms with Crippen LogP contribution in [0, 0.1) is 5.41 Å². The molecule has 2 aromatic carbocycles. The fourth-order valence-electron chi connectivity index (χ4n) is 2.87. The number of nitrogens with one attached hydrogen (secondary N) is 3. The molecular weight excluding hydrogens is 338 g/mol. The molecule has 1 saturated heterocycles. The number of anilines is 1. The summed E-state index contributed by atoms with van der Waals surface area (Å²) in [6.07, 6.45) is 4.35. The summed E-state index contributed by atoms with van der Waals surface area (Å²) in [5, 5.41) is 15.3. The predicted molar refractivity (Wildman–Crippen MR) is 106 cm³/mol. The van der Waals surface area contributed by atoms with E-state index in [2.05, 4.69) is 20.6 Å². The number of rotatable bonds is 7. The van der Waals surface area contributed by atoms with Crippen LogP contribution in [-0.2, 0) is 0 Å². The molecular formula is C21H21N5O. The number of nitrogens with zero attached hydrogens (tertiary/aromatic N) is 2. The first kappa shape index (κ1) is 17.2. The monoisotopic (exact) mass is 359 g/mol. The molecule has 0 spiro atoms. The Balaban J connectivity index is 1.47. The van der Waals surface area contributed by atoms with Gasteiger partial charge in [0.2, 0.25) is 0 Å². The van der Waals surface area contributed by atoms with E-state index in [1.807, 2.05) is 54.6 Å². The highest BCUT2D eigenvalue weighted by molar-refractivity contribution is 6.13. The third kappa shape index (κ3) is 4.12. The molecule has 0 saturated carbocycles. The smallest absolute Gasteiger partial charge is 0.138 e. The fraction of sp³-hybridized carbons (Fsp3) is 0.190. The van der Waals surface area contributed by atoms with Gasteiger partial charge in [0.15, 0.2) is 0 Å². The maximum absolute atomic E-state index is 8.57. The Morgan fingerprint density at radius 3 is 2.56 bits per heavy atom. The molecule has 27 heavy (non-hydrogen) atoms. The SMILES string of the molecule is N=C(c1ccc(Oc2ccccc2)cc1)c1cncnc1NC[C@H]1CCN1. The maximum atomic E-state index is 8.57. The van der Waals surface area contributed by atoms with E-state index in [-0.39, 0.29) is 0 Å². The number of hydrogen-bond donors (Lipinski definition) is 3. The summed E-state index contributed by atoms with van der Waals surface area (Å²) in [5.74, 6) is 2.21. The van der Waals surface area contributed by atoms with E-state index >= 15 is 0 Å². The third-order valence-corrected chi connectivity index (χ3v) is 4.55. The van der Waals surface area contributed by atoms with E-state index in [0.29, 0.717) is 23.1 Å². The van der Waals surface area contributed by atoms with Crippen LogP contribution in [0.5, 0.6) is 11.5 Å². The molecule has 0 aliphatic carbocycles. The van der Waals surface area contributed by atoms with Crippen molar-refractivity contribution in [2.45, 2.75) is 12.5 Å². The zero-order valence-corrected chi connectivity index (χ0v) is 14.9. The third-order valence-electron chi connectivity index (χ3n) is 4.55. The molecule has 1 atom stereocenters. The van der Waals surface area contributed by atoms with Crippen molar-refractivity contribution < 1.29 is 4.74 Å². The summed E-state index contributed by atoms with van der Waals surface area (Å²) < 4.78 is 5.81. The topological polar surface area (TPSA) is 82.9 Å². The summed E-state index contributed by atoms with van der Waals surface area (Å²) in [7, 11) is 0. The molecule has 0 radical (unpaired) electrons. The van der Waals surface area contributed by atoms with Crippen molar-refractivity contribution in [3.63, 3.8) is 0 Å². The van der Waals surface area contributed by atoms with Crippen molar-refractivity contribution in [3.8, 4) is 11.5 Å². The Morgan fingerprint density at radius 2 is 1.85 bits per heavy atom. The Kier molecular flexibility index (Phi) is 5.07. The summed E-state index contributed by atoms with van der Waals surface area (Å²) in [6, 6.07) is 17.6. The minimum absolute atomic E-state index is 0.380. The molecule has 1 aliphatic heterocycles. The molecule has 1 aliphatic rings. The van der Waals surface area contributed by atoms with Crippen molar-refractivity contribution in [1.29, 1.82) is 5.41 Å². The Morgan fingerprint density at radius 1 is 1.11 bits per heavy atom. The highest BCUT2D eigenvalue weighted by Gasteiger charge is 2.18. The first-order chi connectivity index (χ1) is 13.3. The largest absolute Gasteiger partial charge is 0.457 e. The molecule has 1 aromatic heterocycles. The number of hydrogen-bond acceptors (Lipinski definition) is 6. The fourth-order valence-corrected chi connectivity index (χ4v) is 2.87. The van der Waals surface area contributed by atoms with E-state index in [4.69, 9.17) is 10.1 Å². The normalized spacial score (nSPS) is 15.6. The second kappa shape index (κ2) is 7.97. The number of benzene rings is 2. The Labute approximate surface area is 158 Å². The quantitative estimate of drug-likeness (QED) is 0.563.